The van der Waals surface area contributed by atoms with E-state index in [9.17, 15) is 0 Å². The number of halogens is 1. The zero-order chi connectivity index (χ0) is 14.5. The summed E-state index contributed by atoms with van der Waals surface area (Å²) in [5.74, 6) is 0.888. The number of likely N-dealkylation sites (N-methyl/N-ethyl adjacent to an activating group) is 1. The van der Waals surface area contributed by atoms with Gasteiger partial charge in [-0.2, -0.15) is 5.10 Å². The average molecular weight is 340 g/mol. The number of nitrogens with one attached hydrogen (secondary N) is 1. The summed E-state index contributed by atoms with van der Waals surface area (Å²) in [5.41, 5.74) is 0.836. The minimum atomic E-state index is 0.359. The molecule has 0 aromatic carbocycles. The van der Waals surface area contributed by atoms with E-state index in [1.807, 2.05) is 12.3 Å². The van der Waals surface area contributed by atoms with Gasteiger partial charge in [0.15, 0.2) is 5.65 Å². The van der Waals surface area contributed by atoms with Gasteiger partial charge < -0.3 is 10.2 Å². The molecule has 0 aliphatic carbocycles. The lowest BCUT2D eigenvalue weighted by molar-refractivity contribution is 0.280. The highest BCUT2D eigenvalue weighted by molar-refractivity contribution is 9.10. The Kier molecular flexibility index (Phi) is 5.37. The molecule has 6 heteroatoms. The number of fused-ring (bicyclic) bond motifs is 1. The molecular formula is C14H22BrN5. The number of rotatable bonds is 7. The summed E-state index contributed by atoms with van der Waals surface area (Å²) in [4.78, 5) is 7.03. The second kappa shape index (κ2) is 7.04. The molecule has 2 aromatic heterocycles. The van der Waals surface area contributed by atoms with Crippen LogP contribution in [-0.4, -0.2) is 45.2 Å². The molecule has 2 heterocycles. The lowest BCUT2D eigenvalue weighted by atomic mass is 10.3. The van der Waals surface area contributed by atoms with E-state index < -0.39 is 0 Å². The van der Waals surface area contributed by atoms with Crippen molar-refractivity contribution in [2.45, 2.75) is 33.2 Å². The van der Waals surface area contributed by atoms with Gasteiger partial charge in [0.1, 0.15) is 5.82 Å². The van der Waals surface area contributed by atoms with Crippen molar-refractivity contribution in [1.29, 1.82) is 0 Å². The van der Waals surface area contributed by atoms with Gasteiger partial charge in [-0.05, 0) is 48.4 Å². The van der Waals surface area contributed by atoms with E-state index >= 15 is 0 Å². The maximum atomic E-state index is 4.58. The molecule has 5 nitrogen and oxygen atoms in total. The predicted molar refractivity (Wildman–Crippen MR) is 86.2 cm³/mol. The van der Waals surface area contributed by atoms with Crippen LogP contribution in [0, 0.1) is 0 Å². The van der Waals surface area contributed by atoms with E-state index in [-0.39, 0.29) is 0 Å². The zero-order valence-corrected chi connectivity index (χ0v) is 13.9. The molecule has 0 aliphatic heterocycles. The van der Waals surface area contributed by atoms with Gasteiger partial charge in [-0.3, -0.25) is 0 Å². The Morgan fingerprint density at radius 3 is 2.95 bits per heavy atom. The quantitative estimate of drug-likeness (QED) is 0.842. The minimum Gasteiger partial charge on any atom is -0.366 e. The Hall–Kier alpha value is -1.14. The van der Waals surface area contributed by atoms with Crippen molar-refractivity contribution < 1.29 is 0 Å². The lowest BCUT2D eigenvalue weighted by Crippen LogP contribution is -2.35. The Labute approximate surface area is 128 Å². The molecule has 20 heavy (non-hydrogen) atoms. The van der Waals surface area contributed by atoms with Crippen LogP contribution < -0.4 is 5.32 Å². The predicted octanol–water partition coefficient (Wildman–Crippen LogP) is 3.02. The van der Waals surface area contributed by atoms with Crippen molar-refractivity contribution >= 4 is 27.4 Å². The van der Waals surface area contributed by atoms with Gasteiger partial charge in [0.25, 0.3) is 0 Å². The maximum Gasteiger partial charge on any atom is 0.171 e. The number of nitrogens with zero attached hydrogens (tertiary/aromatic N) is 4. The van der Waals surface area contributed by atoms with Crippen molar-refractivity contribution in [1.82, 2.24) is 19.5 Å². The third-order valence-electron chi connectivity index (χ3n) is 3.24. The molecule has 1 N–H and O–H groups in total. The molecule has 0 amide bonds. The largest absolute Gasteiger partial charge is 0.366 e. The first-order chi connectivity index (χ1) is 9.63. The topological polar surface area (TPSA) is 45.5 Å². The number of anilines is 1. The van der Waals surface area contributed by atoms with Crippen LogP contribution in [0.3, 0.4) is 0 Å². The van der Waals surface area contributed by atoms with Crippen molar-refractivity contribution in [3.8, 4) is 0 Å². The number of hydrogen-bond acceptors (Lipinski definition) is 4. The van der Waals surface area contributed by atoms with E-state index in [0.29, 0.717) is 6.04 Å². The molecule has 0 saturated carbocycles. The number of hydrogen-bond donors (Lipinski definition) is 1. The molecule has 0 aliphatic rings. The third-order valence-corrected chi connectivity index (χ3v) is 3.80. The molecule has 0 fully saturated rings. The molecule has 0 radical (unpaired) electrons. The minimum absolute atomic E-state index is 0.359. The second-order valence-corrected chi connectivity index (χ2v) is 5.87. The Morgan fingerprint density at radius 1 is 1.45 bits per heavy atom. The van der Waals surface area contributed by atoms with Gasteiger partial charge >= 0.3 is 0 Å². The molecule has 0 bridgehead atoms. The van der Waals surface area contributed by atoms with Crippen LogP contribution in [0.2, 0.25) is 0 Å². The summed E-state index contributed by atoms with van der Waals surface area (Å²) in [6.07, 6.45) is 4.87. The standard InChI is InChI=1S/C14H22BrN5/c1-4-7-19(5-2)10-11(3)17-13-6-8-20-14(18-13)12(15)9-16-20/h6,8-9,11H,4-5,7,10H2,1-3H3,(H,17,18)/t11-/m0/s1. The van der Waals surface area contributed by atoms with Crippen molar-refractivity contribution in [2.24, 2.45) is 0 Å². The second-order valence-electron chi connectivity index (χ2n) is 5.01. The number of aromatic nitrogens is 3. The van der Waals surface area contributed by atoms with Crippen molar-refractivity contribution in [2.75, 3.05) is 25.0 Å². The van der Waals surface area contributed by atoms with Crippen LogP contribution in [-0.2, 0) is 0 Å². The van der Waals surface area contributed by atoms with Gasteiger partial charge in [-0.1, -0.05) is 13.8 Å². The summed E-state index contributed by atoms with van der Waals surface area (Å²) in [6.45, 7) is 9.86. The lowest BCUT2D eigenvalue weighted by Gasteiger charge is -2.24. The Bertz CT molecular complexity index is 553. The van der Waals surface area contributed by atoms with Gasteiger partial charge in [-0.15, -0.1) is 0 Å². The van der Waals surface area contributed by atoms with Crippen LogP contribution in [0.1, 0.15) is 27.2 Å². The Balaban J connectivity index is 2.01. The first-order valence-electron chi connectivity index (χ1n) is 7.12. The van der Waals surface area contributed by atoms with Crippen molar-refractivity contribution in [3.05, 3.63) is 22.9 Å². The SMILES string of the molecule is CCCN(CC)C[C@H](C)Nc1ccn2ncc(Br)c2n1. The summed E-state index contributed by atoms with van der Waals surface area (Å²) >= 11 is 3.46. The van der Waals surface area contributed by atoms with E-state index in [1.54, 1.807) is 10.7 Å². The van der Waals surface area contributed by atoms with Crippen LogP contribution in [0.4, 0.5) is 5.82 Å². The molecule has 2 aromatic rings. The molecular weight excluding hydrogens is 318 g/mol. The fourth-order valence-electron chi connectivity index (χ4n) is 2.30. The van der Waals surface area contributed by atoms with E-state index in [4.69, 9.17) is 0 Å². The molecule has 2 rings (SSSR count). The maximum absolute atomic E-state index is 4.58. The smallest absolute Gasteiger partial charge is 0.171 e. The molecule has 0 saturated heterocycles. The molecule has 1 atom stereocenters. The van der Waals surface area contributed by atoms with Gasteiger partial charge in [0.05, 0.1) is 10.7 Å². The summed E-state index contributed by atoms with van der Waals surface area (Å²) in [6, 6.07) is 2.32. The van der Waals surface area contributed by atoms with Gasteiger partial charge in [-0.25, -0.2) is 9.50 Å². The van der Waals surface area contributed by atoms with E-state index in [2.05, 4.69) is 57.0 Å². The van der Waals surface area contributed by atoms with Crippen LogP contribution >= 0.6 is 15.9 Å². The zero-order valence-electron chi connectivity index (χ0n) is 12.3. The normalized spacial score (nSPS) is 13.1. The van der Waals surface area contributed by atoms with Gasteiger partial charge in [0.2, 0.25) is 0 Å². The molecule has 0 spiro atoms. The average Bonchev–Trinajstić information content (AvgIpc) is 2.79. The molecule has 110 valence electrons. The van der Waals surface area contributed by atoms with Crippen LogP contribution in [0.25, 0.3) is 5.65 Å². The summed E-state index contributed by atoms with van der Waals surface area (Å²) < 4.78 is 2.67. The highest BCUT2D eigenvalue weighted by Crippen LogP contribution is 2.17. The first kappa shape index (κ1) is 15.3. The van der Waals surface area contributed by atoms with Crippen molar-refractivity contribution in [3.63, 3.8) is 0 Å². The fraction of sp³-hybridized carbons (Fsp3) is 0.571. The monoisotopic (exact) mass is 339 g/mol. The van der Waals surface area contributed by atoms with Gasteiger partial charge in [0, 0.05) is 18.8 Å². The highest BCUT2D eigenvalue weighted by Gasteiger charge is 2.10. The highest BCUT2D eigenvalue weighted by atomic mass is 79.9. The first-order valence-corrected chi connectivity index (χ1v) is 7.92. The fourth-order valence-corrected chi connectivity index (χ4v) is 2.66. The summed E-state index contributed by atoms with van der Waals surface area (Å²) in [5, 5.41) is 7.66. The Morgan fingerprint density at radius 2 is 2.25 bits per heavy atom. The van der Waals surface area contributed by atoms with Crippen LogP contribution in [0.5, 0.6) is 0 Å². The third kappa shape index (κ3) is 3.70. The van der Waals surface area contributed by atoms with E-state index in [0.717, 1.165) is 35.6 Å². The van der Waals surface area contributed by atoms with E-state index in [1.165, 1.54) is 6.42 Å². The summed E-state index contributed by atoms with van der Waals surface area (Å²) in [7, 11) is 0. The molecule has 0 unspecified atom stereocenters. The van der Waals surface area contributed by atoms with Crippen LogP contribution in [0.15, 0.2) is 22.9 Å².